The molecule has 9 nitrogen and oxygen atoms in total. The summed E-state index contributed by atoms with van der Waals surface area (Å²) in [5.41, 5.74) is 0.650. The van der Waals surface area contributed by atoms with Crippen molar-refractivity contribution in [2.24, 2.45) is 4.99 Å². The van der Waals surface area contributed by atoms with Crippen molar-refractivity contribution in [3.63, 3.8) is 0 Å². The SMILES string of the molecule is CN=C(NCCc1noc(-c2ccccn2)n1)NC1CCN(c2ncccc2F)C1.I. The predicted octanol–water partition coefficient (Wildman–Crippen LogP) is 2.27. The second kappa shape index (κ2) is 11.0. The number of aromatic nitrogens is 4. The van der Waals surface area contributed by atoms with Gasteiger partial charge in [0.25, 0.3) is 5.89 Å². The largest absolute Gasteiger partial charge is 0.356 e. The Bertz CT molecular complexity index is 1000. The van der Waals surface area contributed by atoms with Crippen molar-refractivity contribution in [2.45, 2.75) is 18.9 Å². The van der Waals surface area contributed by atoms with E-state index in [0.717, 1.165) is 13.0 Å². The van der Waals surface area contributed by atoms with Crippen LogP contribution in [0.15, 0.2) is 52.2 Å². The zero-order valence-electron chi connectivity index (χ0n) is 17.0. The molecular formula is C20H24FIN8O. The normalized spacial score (nSPS) is 16.1. The first-order valence-electron chi connectivity index (χ1n) is 9.79. The Labute approximate surface area is 196 Å². The average molecular weight is 538 g/mol. The van der Waals surface area contributed by atoms with E-state index in [-0.39, 0.29) is 35.8 Å². The average Bonchev–Trinajstić information content (AvgIpc) is 3.44. The van der Waals surface area contributed by atoms with Crippen LogP contribution >= 0.6 is 24.0 Å². The third-order valence-corrected chi connectivity index (χ3v) is 4.78. The molecule has 4 rings (SSSR count). The number of halogens is 2. The maximum atomic E-state index is 14.0. The number of hydrogen-bond donors (Lipinski definition) is 2. The highest BCUT2D eigenvalue weighted by Crippen LogP contribution is 2.20. The van der Waals surface area contributed by atoms with E-state index in [4.69, 9.17) is 4.52 Å². The van der Waals surface area contributed by atoms with Gasteiger partial charge in [0.15, 0.2) is 23.4 Å². The molecule has 31 heavy (non-hydrogen) atoms. The van der Waals surface area contributed by atoms with Gasteiger partial charge in [-0.15, -0.1) is 24.0 Å². The fourth-order valence-electron chi connectivity index (χ4n) is 3.31. The number of nitrogens with zero attached hydrogens (tertiary/aromatic N) is 6. The first-order chi connectivity index (χ1) is 14.7. The highest BCUT2D eigenvalue weighted by molar-refractivity contribution is 14.0. The molecule has 2 N–H and O–H groups in total. The Balaban J connectivity index is 0.00000272. The first-order valence-corrected chi connectivity index (χ1v) is 9.79. The molecule has 164 valence electrons. The van der Waals surface area contributed by atoms with E-state index in [0.29, 0.717) is 48.7 Å². The molecule has 3 aromatic rings. The zero-order valence-corrected chi connectivity index (χ0v) is 19.4. The number of hydrogen-bond acceptors (Lipinski definition) is 7. The molecular weight excluding hydrogens is 514 g/mol. The van der Waals surface area contributed by atoms with Gasteiger partial charge in [-0.3, -0.25) is 9.98 Å². The van der Waals surface area contributed by atoms with Crippen molar-refractivity contribution in [3.8, 4) is 11.6 Å². The number of aliphatic imine (C=N–C) groups is 1. The van der Waals surface area contributed by atoms with Crippen LogP contribution in [-0.2, 0) is 6.42 Å². The molecule has 0 saturated carbocycles. The smallest absolute Gasteiger partial charge is 0.276 e. The van der Waals surface area contributed by atoms with E-state index >= 15 is 0 Å². The van der Waals surface area contributed by atoms with Gasteiger partial charge in [0, 0.05) is 51.5 Å². The molecule has 0 aliphatic carbocycles. The molecule has 1 aliphatic heterocycles. The van der Waals surface area contributed by atoms with Gasteiger partial charge in [0.2, 0.25) is 0 Å². The molecule has 0 spiro atoms. The number of pyridine rings is 2. The maximum Gasteiger partial charge on any atom is 0.276 e. The summed E-state index contributed by atoms with van der Waals surface area (Å²) in [7, 11) is 1.72. The molecule has 1 atom stereocenters. The van der Waals surface area contributed by atoms with Gasteiger partial charge >= 0.3 is 0 Å². The lowest BCUT2D eigenvalue weighted by Gasteiger charge is -2.19. The van der Waals surface area contributed by atoms with E-state index in [1.54, 1.807) is 25.5 Å². The van der Waals surface area contributed by atoms with Crippen molar-refractivity contribution >= 4 is 35.8 Å². The van der Waals surface area contributed by atoms with Crippen molar-refractivity contribution < 1.29 is 8.91 Å². The molecule has 0 radical (unpaired) electrons. The quantitative estimate of drug-likeness (QED) is 0.280. The molecule has 0 aromatic carbocycles. The van der Waals surface area contributed by atoms with Gasteiger partial charge < -0.3 is 20.1 Å². The molecule has 1 saturated heterocycles. The maximum absolute atomic E-state index is 14.0. The minimum Gasteiger partial charge on any atom is -0.356 e. The zero-order chi connectivity index (χ0) is 20.8. The lowest BCUT2D eigenvalue weighted by Crippen LogP contribution is -2.45. The van der Waals surface area contributed by atoms with Gasteiger partial charge in [-0.1, -0.05) is 11.2 Å². The fraction of sp³-hybridized carbons (Fsp3) is 0.350. The van der Waals surface area contributed by atoms with Crippen molar-refractivity contribution in [1.82, 2.24) is 30.7 Å². The molecule has 1 aliphatic rings. The summed E-state index contributed by atoms with van der Waals surface area (Å²) in [4.78, 5) is 18.9. The fourth-order valence-corrected chi connectivity index (χ4v) is 3.31. The Morgan fingerprint density at radius 2 is 2.13 bits per heavy atom. The second-order valence-electron chi connectivity index (χ2n) is 6.86. The molecule has 11 heteroatoms. The van der Waals surface area contributed by atoms with Gasteiger partial charge in [0.1, 0.15) is 5.69 Å². The molecule has 4 heterocycles. The van der Waals surface area contributed by atoms with Crippen LogP contribution in [0.3, 0.4) is 0 Å². The number of anilines is 1. The van der Waals surface area contributed by atoms with Crippen LogP contribution in [0, 0.1) is 5.82 Å². The Morgan fingerprint density at radius 1 is 1.26 bits per heavy atom. The van der Waals surface area contributed by atoms with Crippen LogP contribution in [0.1, 0.15) is 12.2 Å². The van der Waals surface area contributed by atoms with Crippen LogP contribution in [-0.4, -0.2) is 58.8 Å². The van der Waals surface area contributed by atoms with Crippen LogP contribution in [0.2, 0.25) is 0 Å². The lowest BCUT2D eigenvalue weighted by molar-refractivity contribution is 0.421. The third-order valence-electron chi connectivity index (χ3n) is 4.78. The Morgan fingerprint density at radius 3 is 2.90 bits per heavy atom. The molecule has 1 unspecified atom stereocenters. The summed E-state index contributed by atoms with van der Waals surface area (Å²) in [6.07, 6.45) is 4.74. The molecule has 0 amide bonds. The van der Waals surface area contributed by atoms with Crippen molar-refractivity contribution in [1.29, 1.82) is 0 Å². The van der Waals surface area contributed by atoms with Crippen LogP contribution < -0.4 is 15.5 Å². The topological polar surface area (TPSA) is 104 Å². The summed E-state index contributed by atoms with van der Waals surface area (Å²) >= 11 is 0. The van der Waals surface area contributed by atoms with Gasteiger partial charge in [-0.05, 0) is 30.7 Å². The lowest BCUT2D eigenvalue weighted by atomic mass is 10.3. The molecule has 3 aromatic heterocycles. The van der Waals surface area contributed by atoms with Crippen LogP contribution in [0.5, 0.6) is 0 Å². The van der Waals surface area contributed by atoms with E-state index in [9.17, 15) is 4.39 Å². The summed E-state index contributed by atoms with van der Waals surface area (Å²) in [5, 5.41) is 10.6. The van der Waals surface area contributed by atoms with Crippen LogP contribution in [0.25, 0.3) is 11.6 Å². The first kappa shape index (κ1) is 22.8. The summed E-state index contributed by atoms with van der Waals surface area (Å²) in [6, 6.07) is 8.71. The number of nitrogens with one attached hydrogen (secondary N) is 2. The molecule has 1 fully saturated rings. The summed E-state index contributed by atoms with van der Waals surface area (Å²) < 4.78 is 19.2. The van der Waals surface area contributed by atoms with E-state index < -0.39 is 0 Å². The molecule has 0 bridgehead atoms. The van der Waals surface area contributed by atoms with Gasteiger partial charge in [-0.2, -0.15) is 4.98 Å². The highest BCUT2D eigenvalue weighted by atomic mass is 127. The van der Waals surface area contributed by atoms with Gasteiger partial charge in [0.05, 0.1) is 0 Å². The number of rotatable bonds is 6. The van der Waals surface area contributed by atoms with Crippen molar-refractivity contribution in [3.05, 3.63) is 54.4 Å². The van der Waals surface area contributed by atoms with E-state index in [1.165, 1.54) is 6.07 Å². The van der Waals surface area contributed by atoms with Crippen LogP contribution in [0.4, 0.5) is 10.2 Å². The standard InChI is InChI=1S/C20H23FN8O.HI/c1-22-20(26-14-8-12-29(13-14)18-15(21)5-4-10-24-18)25-11-7-17-27-19(30-28-17)16-6-2-3-9-23-16;/h2-6,9-10,14H,7-8,11-13H2,1H3,(H2,22,25,26);1H. The minimum absolute atomic E-state index is 0. The summed E-state index contributed by atoms with van der Waals surface area (Å²) in [6.45, 7) is 1.99. The van der Waals surface area contributed by atoms with E-state index in [1.807, 2.05) is 23.1 Å². The second-order valence-corrected chi connectivity index (χ2v) is 6.86. The monoisotopic (exact) mass is 538 g/mol. The minimum atomic E-state index is -0.300. The highest BCUT2D eigenvalue weighted by Gasteiger charge is 2.25. The number of guanidine groups is 1. The van der Waals surface area contributed by atoms with Crippen molar-refractivity contribution in [2.75, 3.05) is 31.6 Å². The van der Waals surface area contributed by atoms with Gasteiger partial charge in [-0.25, -0.2) is 9.37 Å². The summed E-state index contributed by atoms with van der Waals surface area (Å²) in [5.74, 6) is 1.77. The third kappa shape index (κ3) is 5.87. The van der Waals surface area contributed by atoms with E-state index in [2.05, 4.69) is 35.7 Å². The Hall–Kier alpha value is -2.83. The predicted molar refractivity (Wildman–Crippen MR) is 126 cm³/mol. The Kier molecular flexibility index (Phi) is 8.09.